The van der Waals surface area contributed by atoms with Crippen molar-refractivity contribution in [1.29, 1.82) is 0 Å². The van der Waals surface area contributed by atoms with Gasteiger partial charge in [-0.25, -0.2) is 4.98 Å². The summed E-state index contributed by atoms with van der Waals surface area (Å²) in [5.41, 5.74) is 3.24. The maximum Gasteiger partial charge on any atom is 0.262 e. The molecule has 3 heterocycles. The highest BCUT2D eigenvalue weighted by Crippen LogP contribution is 2.37. The Morgan fingerprint density at radius 1 is 0.917 bits per heavy atom. The third-order valence-electron chi connectivity index (χ3n) is 6.34. The largest absolute Gasteiger partial charge is 0.486 e. The Labute approximate surface area is 207 Å². The molecule has 36 heavy (non-hydrogen) atoms. The maximum atomic E-state index is 14.1. The average molecular weight is 482 g/mol. The molecule has 0 radical (unpaired) electrons. The topological polar surface area (TPSA) is 90.0 Å². The van der Waals surface area contributed by atoms with Crippen molar-refractivity contribution in [3.8, 4) is 28.5 Å². The van der Waals surface area contributed by atoms with E-state index in [1.165, 1.54) is 0 Å². The van der Waals surface area contributed by atoms with Crippen LogP contribution in [0, 0.1) is 0 Å². The quantitative estimate of drug-likeness (QED) is 0.479. The predicted octanol–water partition coefficient (Wildman–Crippen LogP) is 3.83. The van der Waals surface area contributed by atoms with Crippen LogP contribution >= 0.6 is 0 Å². The fourth-order valence-corrected chi connectivity index (χ4v) is 4.57. The third kappa shape index (κ3) is 3.76. The van der Waals surface area contributed by atoms with Crippen molar-refractivity contribution in [2.75, 3.05) is 31.7 Å². The molecule has 1 aromatic heterocycles. The lowest BCUT2D eigenvalue weighted by atomic mass is 10.0. The van der Waals surface area contributed by atoms with Gasteiger partial charge < -0.3 is 24.4 Å². The van der Waals surface area contributed by atoms with E-state index in [0.29, 0.717) is 52.9 Å². The average Bonchev–Trinajstić information content (AvgIpc) is 2.94. The number of fused-ring (bicyclic) bond motifs is 3. The van der Waals surface area contributed by atoms with Crippen molar-refractivity contribution >= 4 is 28.4 Å². The summed E-state index contributed by atoms with van der Waals surface area (Å²) in [6.07, 6.45) is -0.820. The van der Waals surface area contributed by atoms with Gasteiger partial charge in [0, 0.05) is 18.0 Å². The number of nitrogens with zero attached hydrogens (tertiary/aromatic N) is 2. The highest BCUT2D eigenvalue weighted by atomic mass is 16.6. The summed E-state index contributed by atoms with van der Waals surface area (Å²) < 4.78 is 17.3. The number of anilines is 1. The number of nitrogens with one attached hydrogen (secondary N) is 1. The second-order valence-corrected chi connectivity index (χ2v) is 8.53. The Hall–Kier alpha value is -4.59. The number of ether oxygens (including phenoxy) is 3. The third-order valence-corrected chi connectivity index (χ3v) is 6.34. The second-order valence-electron chi connectivity index (χ2n) is 8.53. The zero-order valence-electron chi connectivity index (χ0n) is 19.6. The van der Waals surface area contributed by atoms with Gasteiger partial charge in [-0.05, 0) is 42.5 Å². The zero-order valence-corrected chi connectivity index (χ0v) is 19.6. The van der Waals surface area contributed by atoms with Crippen LogP contribution in [0.3, 0.4) is 0 Å². The van der Waals surface area contributed by atoms with Crippen LogP contribution in [0.15, 0.2) is 72.8 Å². The van der Waals surface area contributed by atoms with E-state index in [2.05, 4.69) is 5.32 Å². The molecule has 0 fully saturated rings. The van der Waals surface area contributed by atoms with Gasteiger partial charge in [0.25, 0.3) is 11.8 Å². The first-order valence-corrected chi connectivity index (χ1v) is 11.7. The van der Waals surface area contributed by atoms with E-state index in [-0.39, 0.29) is 18.4 Å². The number of carbonyl (C=O) groups is 2. The fourth-order valence-electron chi connectivity index (χ4n) is 4.57. The van der Waals surface area contributed by atoms with E-state index in [1.807, 2.05) is 60.7 Å². The van der Waals surface area contributed by atoms with Crippen LogP contribution in [0.1, 0.15) is 10.4 Å². The number of likely N-dealkylation sites (N-methyl/N-ethyl adjacent to an activating group) is 1. The SMILES string of the molecule is CNC(=O)C1CN(C(=O)c2cc(-c3ccc4c(c3)OCCO4)nc3ccccc23)c2ccccc2O1. The molecule has 4 aromatic rings. The number of hydrogen-bond acceptors (Lipinski definition) is 6. The van der Waals surface area contributed by atoms with Gasteiger partial charge in [-0.3, -0.25) is 9.59 Å². The lowest BCUT2D eigenvalue weighted by Gasteiger charge is -2.34. The summed E-state index contributed by atoms with van der Waals surface area (Å²) in [4.78, 5) is 33.0. The van der Waals surface area contributed by atoms with Crippen LogP contribution in [0.2, 0.25) is 0 Å². The number of aromatic nitrogens is 1. The molecule has 0 saturated carbocycles. The van der Waals surface area contributed by atoms with E-state index in [4.69, 9.17) is 19.2 Å². The predicted molar refractivity (Wildman–Crippen MR) is 135 cm³/mol. The van der Waals surface area contributed by atoms with Crippen LogP contribution in [0.4, 0.5) is 5.69 Å². The Balaban J connectivity index is 1.47. The van der Waals surface area contributed by atoms with E-state index >= 15 is 0 Å². The molecule has 0 spiro atoms. The first-order valence-electron chi connectivity index (χ1n) is 11.7. The molecule has 1 atom stereocenters. The molecule has 1 N–H and O–H groups in total. The number of hydrogen-bond donors (Lipinski definition) is 1. The lowest BCUT2D eigenvalue weighted by molar-refractivity contribution is -0.127. The summed E-state index contributed by atoms with van der Waals surface area (Å²) in [7, 11) is 1.55. The fraction of sp³-hybridized carbons (Fsp3) is 0.179. The minimum Gasteiger partial charge on any atom is -0.486 e. The summed E-state index contributed by atoms with van der Waals surface area (Å²) in [6, 6.07) is 22.2. The van der Waals surface area contributed by atoms with Gasteiger partial charge in [0.15, 0.2) is 17.6 Å². The number of pyridine rings is 1. The molecule has 8 heteroatoms. The van der Waals surface area contributed by atoms with Crippen LogP contribution in [0.5, 0.6) is 17.2 Å². The molecule has 8 nitrogen and oxygen atoms in total. The Morgan fingerprint density at radius 2 is 1.69 bits per heavy atom. The van der Waals surface area contributed by atoms with Crippen molar-refractivity contribution in [3.05, 3.63) is 78.4 Å². The summed E-state index contributed by atoms with van der Waals surface area (Å²) >= 11 is 0. The number of carbonyl (C=O) groups excluding carboxylic acids is 2. The van der Waals surface area contributed by atoms with Crippen LogP contribution in [-0.2, 0) is 4.79 Å². The molecule has 2 amide bonds. The van der Waals surface area contributed by atoms with Gasteiger partial charge in [-0.2, -0.15) is 0 Å². The van der Waals surface area contributed by atoms with Gasteiger partial charge in [-0.1, -0.05) is 30.3 Å². The smallest absolute Gasteiger partial charge is 0.262 e. The van der Waals surface area contributed by atoms with Crippen molar-refractivity contribution in [1.82, 2.24) is 10.3 Å². The molecule has 180 valence electrons. The molecular weight excluding hydrogens is 458 g/mol. The molecule has 0 saturated heterocycles. The Morgan fingerprint density at radius 3 is 2.56 bits per heavy atom. The van der Waals surface area contributed by atoms with Crippen molar-refractivity contribution < 1.29 is 23.8 Å². The maximum absolute atomic E-state index is 14.1. The normalized spacial score (nSPS) is 16.1. The van der Waals surface area contributed by atoms with E-state index < -0.39 is 6.10 Å². The van der Waals surface area contributed by atoms with Crippen LogP contribution < -0.4 is 24.4 Å². The van der Waals surface area contributed by atoms with E-state index in [9.17, 15) is 9.59 Å². The highest BCUT2D eigenvalue weighted by Gasteiger charge is 2.34. The summed E-state index contributed by atoms with van der Waals surface area (Å²) in [6.45, 7) is 1.08. The van der Waals surface area contributed by atoms with Gasteiger partial charge in [0.1, 0.15) is 19.0 Å². The first-order chi connectivity index (χ1) is 17.6. The number of para-hydroxylation sites is 3. The van der Waals surface area contributed by atoms with Crippen molar-refractivity contribution in [2.45, 2.75) is 6.10 Å². The molecule has 1 unspecified atom stereocenters. The lowest BCUT2D eigenvalue weighted by Crippen LogP contribution is -2.50. The van der Waals surface area contributed by atoms with Crippen LogP contribution in [-0.4, -0.2) is 49.7 Å². The molecule has 2 aliphatic heterocycles. The minimum atomic E-state index is -0.820. The van der Waals surface area contributed by atoms with Crippen molar-refractivity contribution in [2.24, 2.45) is 0 Å². The first kappa shape index (κ1) is 21.9. The monoisotopic (exact) mass is 481 g/mol. The van der Waals surface area contributed by atoms with Crippen LogP contribution in [0.25, 0.3) is 22.2 Å². The molecule has 0 aliphatic carbocycles. The molecule has 6 rings (SSSR count). The molecule has 2 aliphatic rings. The molecular formula is C28H23N3O5. The number of amides is 2. The second kappa shape index (κ2) is 8.88. The van der Waals surface area contributed by atoms with E-state index in [1.54, 1.807) is 24.1 Å². The van der Waals surface area contributed by atoms with Gasteiger partial charge >= 0.3 is 0 Å². The zero-order chi connectivity index (χ0) is 24.6. The van der Waals surface area contributed by atoms with E-state index in [0.717, 1.165) is 10.9 Å². The van der Waals surface area contributed by atoms with Gasteiger partial charge in [0.2, 0.25) is 0 Å². The highest BCUT2D eigenvalue weighted by molar-refractivity contribution is 6.15. The Kier molecular flexibility index (Phi) is 5.41. The number of benzene rings is 3. The van der Waals surface area contributed by atoms with Gasteiger partial charge in [-0.15, -0.1) is 0 Å². The van der Waals surface area contributed by atoms with Crippen molar-refractivity contribution in [3.63, 3.8) is 0 Å². The standard InChI is InChI=1S/C28H23N3O5/c1-29-27(32)26-16-31(22-8-4-5-9-23(22)36-26)28(33)19-15-21(30-20-7-3-2-6-18(19)20)17-10-11-24-25(14-17)35-13-12-34-24/h2-11,14-15,26H,12-13,16H2,1H3,(H,29,32). The van der Waals surface area contributed by atoms with Gasteiger partial charge in [0.05, 0.1) is 29.0 Å². The number of rotatable bonds is 3. The summed E-state index contributed by atoms with van der Waals surface area (Å²) in [5.74, 6) is 1.29. The minimum absolute atomic E-state index is 0.0888. The summed E-state index contributed by atoms with van der Waals surface area (Å²) in [5, 5.41) is 3.34. The molecule has 0 bridgehead atoms. The Bertz CT molecular complexity index is 1500. The molecule has 3 aromatic carbocycles.